The molecule has 0 bridgehead atoms. The maximum Gasteiger partial charge on any atom is 0.387 e. The van der Waals surface area contributed by atoms with Crippen LogP contribution in [0.2, 0.25) is 0 Å². The van der Waals surface area contributed by atoms with Crippen molar-refractivity contribution < 1.29 is 26.7 Å². The number of sulfonamides is 1. The highest BCUT2D eigenvalue weighted by molar-refractivity contribution is 7.89. The van der Waals surface area contributed by atoms with Crippen LogP contribution in [0.3, 0.4) is 0 Å². The Bertz CT molecular complexity index is 959. The number of nitrogens with one attached hydrogen (secondary N) is 1. The van der Waals surface area contributed by atoms with Crippen molar-refractivity contribution in [3.63, 3.8) is 0 Å². The molecule has 1 fully saturated rings. The van der Waals surface area contributed by atoms with E-state index >= 15 is 0 Å². The first-order valence-corrected chi connectivity index (χ1v) is 10.8. The lowest BCUT2D eigenvalue weighted by Crippen LogP contribution is -2.46. The second-order valence-corrected chi connectivity index (χ2v) is 8.92. The van der Waals surface area contributed by atoms with E-state index in [4.69, 9.17) is 0 Å². The highest BCUT2D eigenvalue weighted by Gasteiger charge is 2.27. The molecule has 2 aromatic carbocycles. The molecular weight excluding hydrogens is 416 g/mol. The van der Waals surface area contributed by atoms with Gasteiger partial charge in [-0.3, -0.25) is 4.79 Å². The maximum absolute atomic E-state index is 12.7. The molecule has 1 saturated heterocycles. The van der Waals surface area contributed by atoms with Gasteiger partial charge in [-0.1, -0.05) is 12.1 Å². The number of hydrogen-bond donors (Lipinski definition) is 1. The molecule has 0 radical (unpaired) electrons. The van der Waals surface area contributed by atoms with Crippen LogP contribution in [-0.4, -0.2) is 63.4 Å². The first kappa shape index (κ1) is 22.1. The number of hydrogen-bond acceptors (Lipinski definition) is 5. The van der Waals surface area contributed by atoms with E-state index in [-0.39, 0.29) is 23.0 Å². The lowest BCUT2D eigenvalue weighted by Gasteiger charge is -2.31. The number of halogens is 2. The minimum atomic E-state index is -3.56. The molecule has 0 aromatic heterocycles. The standard InChI is InChI=1S/C20H23F2N3O4S/c1-24-10-12-25(13-11-24)30(27,28)18-8-4-16(5-9-18)23-19(26)14-15-2-6-17(7-3-15)29-20(21)22/h2-9,20H,10-14H2,1H3,(H,23,26). The van der Waals surface area contributed by atoms with E-state index in [1.165, 1.54) is 40.7 Å². The summed E-state index contributed by atoms with van der Waals surface area (Å²) >= 11 is 0. The smallest absolute Gasteiger partial charge is 0.387 e. The van der Waals surface area contributed by atoms with E-state index in [0.717, 1.165) is 0 Å². The summed E-state index contributed by atoms with van der Waals surface area (Å²) in [5, 5.41) is 2.70. The lowest BCUT2D eigenvalue weighted by atomic mass is 10.1. The van der Waals surface area contributed by atoms with Crippen molar-refractivity contribution in [2.45, 2.75) is 17.9 Å². The number of carbonyl (C=O) groups is 1. The molecule has 30 heavy (non-hydrogen) atoms. The van der Waals surface area contributed by atoms with E-state index in [9.17, 15) is 22.0 Å². The van der Waals surface area contributed by atoms with E-state index in [2.05, 4.69) is 15.0 Å². The fraction of sp³-hybridized carbons (Fsp3) is 0.350. The van der Waals surface area contributed by atoms with Crippen LogP contribution < -0.4 is 10.1 Å². The van der Waals surface area contributed by atoms with E-state index in [1.54, 1.807) is 12.1 Å². The minimum Gasteiger partial charge on any atom is -0.435 e. The van der Waals surface area contributed by atoms with Gasteiger partial charge in [-0.05, 0) is 49.0 Å². The fourth-order valence-corrected chi connectivity index (χ4v) is 4.49. The van der Waals surface area contributed by atoms with Gasteiger partial charge in [-0.25, -0.2) is 8.42 Å². The molecule has 1 aliphatic rings. The predicted octanol–water partition coefficient (Wildman–Crippen LogP) is 2.41. The molecule has 2 aromatic rings. The molecule has 0 saturated carbocycles. The van der Waals surface area contributed by atoms with Crippen molar-refractivity contribution in [2.24, 2.45) is 0 Å². The van der Waals surface area contributed by atoms with Gasteiger partial charge in [-0.15, -0.1) is 0 Å². The molecule has 0 aliphatic carbocycles. The molecular formula is C20H23F2N3O4S. The Morgan fingerprint density at radius 1 is 1.03 bits per heavy atom. The highest BCUT2D eigenvalue weighted by atomic mass is 32.2. The van der Waals surface area contributed by atoms with Crippen molar-refractivity contribution in [3.8, 4) is 5.75 Å². The van der Waals surface area contributed by atoms with E-state index < -0.39 is 16.6 Å². The highest BCUT2D eigenvalue weighted by Crippen LogP contribution is 2.20. The number of rotatable bonds is 7. The first-order chi connectivity index (χ1) is 14.2. The summed E-state index contributed by atoms with van der Waals surface area (Å²) in [6, 6.07) is 11.8. The molecule has 3 rings (SSSR count). The molecule has 0 unspecified atom stereocenters. The Kier molecular flexibility index (Phi) is 7.01. The number of nitrogens with zero attached hydrogens (tertiary/aromatic N) is 2. The van der Waals surface area contributed by atoms with Crippen LogP contribution >= 0.6 is 0 Å². The number of benzene rings is 2. The number of alkyl halides is 2. The van der Waals surface area contributed by atoms with Gasteiger partial charge in [0.2, 0.25) is 15.9 Å². The second kappa shape index (κ2) is 9.50. The van der Waals surface area contributed by atoms with Crippen molar-refractivity contribution in [1.82, 2.24) is 9.21 Å². The molecule has 1 heterocycles. The van der Waals surface area contributed by atoms with Crippen LogP contribution in [0.5, 0.6) is 5.75 Å². The van der Waals surface area contributed by atoms with Gasteiger partial charge in [0.05, 0.1) is 11.3 Å². The van der Waals surface area contributed by atoms with Gasteiger partial charge in [0.25, 0.3) is 0 Å². The Morgan fingerprint density at radius 2 is 1.63 bits per heavy atom. The van der Waals surface area contributed by atoms with Crippen LogP contribution in [0, 0.1) is 0 Å². The Hall–Kier alpha value is -2.56. The largest absolute Gasteiger partial charge is 0.435 e. The third-order valence-corrected chi connectivity index (χ3v) is 6.66. The first-order valence-electron chi connectivity index (χ1n) is 9.36. The van der Waals surface area contributed by atoms with Gasteiger partial charge >= 0.3 is 6.61 Å². The molecule has 1 amide bonds. The number of likely N-dealkylation sites (N-methyl/N-ethyl adjacent to an activating group) is 1. The summed E-state index contributed by atoms with van der Waals surface area (Å²) in [4.78, 5) is 14.5. The van der Waals surface area contributed by atoms with Crippen LogP contribution in [-0.2, 0) is 21.2 Å². The van der Waals surface area contributed by atoms with Crippen LogP contribution in [0.1, 0.15) is 5.56 Å². The topological polar surface area (TPSA) is 79.0 Å². The summed E-state index contributed by atoms with van der Waals surface area (Å²) < 4.78 is 55.5. The number of piperazine rings is 1. The van der Waals surface area contributed by atoms with Gasteiger partial charge in [0, 0.05) is 31.9 Å². The molecule has 1 N–H and O–H groups in total. The van der Waals surface area contributed by atoms with Crippen LogP contribution in [0.25, 0.3) is 0 Å². The average Bonchev–Trinajstić information content (AvgIpc) is 2.70. The molecule has 1 aliphatic heterocycles. The van der Waals surface area contributed by atoms with Crippen LogP contribution in [0.15, 0.2) is 53.4 Å². The Morgan fingerprint density at radius 3 is 2.20 bits per heavy atom. The zero-order valence-corrected chi connectivity index (χ0v) is 17.2. The Labute approximate surface area is 174 Å². The van der Waals surface area contributed by atoms with Gasteiger partial charge in [-0.2, -0.15) is 13.1 Å². The van der Waals surface area contributed by atoms with Gasteiger partial charge in [0.15, 0.2) is 0 Å². The molecule has 0 spiro atoms. The zero-order chi connectivity index (χ0) is 21.7. The molecule has 7 nitrogen and oxygen atoms in total. The van der Waals surface area contributed by atoms with E-state index in [1.807, 2.05) is 7.05 Å². The quantitative estimate of drug-likeness (QED) is 0.717. The maximum atomic E-state index is 12.7. The molecule has 10 heteroatoms. The fourth-order valence-electron chi connectivity index (χ4n) is 3.07. The lowest BCUT2D eigenvalue weighted by molar-refractivity contribution is -0.115. The van der Waals surface area contributed by atoms with Gasteiger partial charge < -0.3 is 15.0 Å². The number of carbonyl (C=O) groups excluding carboxylic acids is 1. The normalized spacial score (nSPS) is 15.9. The monoisotopic (exact) mass is 439 g/mol. The number of ether oxygens (including phenoxy) is 1. The average molecular weight is 439 g/mol. The summed E-state index contributed by atoms with van der Waals surface area (Å²) in [7, 11) is -1.61. The summed E-state index contributed by atoms with van der Waals surface area (Å²) in [6.07, 6.45) is 0.0380. The SMILES string of the molecule is CN1CCN(S(=O)(=O)c2ccc(NC(=O)Cc3ccc(OC(F)F)cc3)cc2)CC1. The Balaban J connectivity index is 1.58. The van der Waals surface area contributed by atoms with Crippen molar-refractivity contribution in [3.05, 3.63) is 54.1 Å². The second-order valence-electron chi connectivity index (χ2n) is 6.98. The summed E-state index contributed by atoms with van der Waals surface area (Å²) in [6.45, 7) is -0.649. The minimum absolute atomic E-state index is 0.0197. The third-order valence-electron chi connectivity index (χ3n) is 4.75. The summed E-state index contributed by atoms with van der Waals surface area (Å²) in [5.74, 6) is -0.293. The van der Waals surface area contributed by atoms with Crippen molar-refractivity contribution >= 4 is 21.6 Å². The van der Waals surface area contributed by atoms with E-state index in [0.29, 0.717) is 37.4 Å². The van der Waals surface area contributed by atoms with Crippen molar-refractivity contribution in [1.29, 1.82) is 0 Å². The molecule has 162 valence electrons. The number of anilines is 1. The summed E-state index contributed by atoms with van der Waals surface area (Å²) in [5.41, 5.74) is 1.10. The third kappa shape index (κ3) is 5.74. The molecule has 0 atom stereocenters. The predicted molar refractivity (Wildman–Crippen MR) is 108 cm³/mol. The zero-order valence-electron chi connectivity index (χ0n) is 16.4. The van der Waals surface area contributed by atoms with Crippen LogP contribution in [0.4, 0.5) is 14.5 Å². The number of amides is 1. The van der Waals surface area contributed by atoms with Crippen molar-refractivity contribution in [2.75, 3.05) is 38.5 Å². The van der Waals surface area contributed by atoms with Gasteiger partial charge in [0.1, 0.15) is 5.75 Å².